The second kappa shape index (κ2) is 7.22. The highest BCUT2D eigenvalue weighted by Gasteiger charge is 2.64. The summed E-state index contributed by atoms with van der Waals surface area (Å²) >= 11 is 0. The molecule has 2 saturated heterocycles. The number of hydrogen-bond acceptors (Lipinski definition) is 7. The molecule has 2 fully saturated rings. The molecule has 0 spiro atoms. The molecule has 6 atom stereocenters. The molecule has 2 heterocycles. The molecule has 1 aliphatic carbocycles. The third-order valence-electron chi connectivity index (χ3n) is 5.61. The van der Waals surface area contributed by atoms with E-state index in [1.807, 2.05) is 13.0 Å². The summed E-state index contributed by atoms with van der Waals surface area (Å²) in [5, 5.41) is 20.0. The van der Waals surface area contributed by atoms with Gasteiger partial charge in [0, 0.05) is 11.6 Å². The Balaban J connectivity index is 1.97. The Morgan fingerprint density at radius 2 is 2.22 bits per heavy atom. The number of epoxide rings is 1. The highest BCUT2D eigenvalue weighted by atomic mass is 16.6. The van der Waals surface area contributed by atoms with Gasteiger partial charge in [0.15, 0.2) is 0 Å². The number of esters is 2. The van der Waals surface area contributed by atoms with Crippen LogP contribution in [0.25, 0.3) is 0 Å². The van der Waals surface area contributed by atoms with Gasteiger partial charge in [-0.1, -0.05) is 12.7 Å². The van der Waals surface area contributed by atoms with Gasteiger partial charge in [-0.05, 0) is 44.8 Å². The van der Waals surface area contributed by atoms with Crippen molar-refractivity contribution in [1.82, 2.24) is 0 Å². The van der Waals surface area contributed by atoms with Crippen molar-refractivity contribution in [1.29, 1.82) is 0 Å². The standard InChI is InChI=1S/C20H26O7/c1-10(9-21)8-13(22)25-16-14-12(3)19(24)26-17(14)18-20(4,27-18)7-5-6-11(2)15(16)23/h6,8,14-18,21,23H,3,5,7,9H2,1-2,4H3. The molecular formula is C20H26O7. The van der Waals surface area contributed by atoms with E-state index in [1.165, 1.54) is 0 Å². The Labute approximate surface area is 158 Å². The average Bonchev–Trinajstić information content (AvgIpc) is 3.19. The van der Waals surface area contributed by atoms with Crippen LogP contribution in [0.3, 0.4) is 0 Å². The molecule has 2 aliphatic heterocycles. The molecule has 27 heavy (non-hydrogen) atoms. The molecule has 6 unspecified atom stereocenters. The largest absolute Gasteiger partial charge is 0.455 e. The lowest BCUT2D eigenvalue weighted by atomic mass is 9.81. The highest BCUT2D eigenvalue weighted by Crippen LogP contribution is 2.50. The third kappa shape index (κ3) is 3.72. The topological polar surface area (TPSA) is 106 Å². The first-order valence-electron chi connectivity index (χ1n) is 9.09. The predicted octanol–water partition coefficient (Wildman–Crippen LogP) is 1.19. The Kier molecular flexibility index (Phi) is 5.29. The molecule has 3 rings (SSSR count). The summed E-state index contributed by atoms with van der Waals surface area (Å²) in [5.41, 5.74) is 0.804. The summed E-state index contributed by atoms with van der Waals surface area (Å²) in [5.74, 6) is -1.99. The number of aliphatic hydroxyl groups excluding tert-OH is 2. The number of allylic oxidation sites excluding steroid dienone is 1. The second-order valence-electron chi connectivity index (χ2n) is 7.75. The lowest BCUT2D eigenvalue weighted by Crippen LogP contribution is -2.45. The van der Waals surface area contributed by atoms with Crippen LogP contribution in [0.1, 0.15) is 33.6 Å². The zero-order valence-electron chi connectivity index (χ0n) is 15.8. The molecule has 3 aliphatic rings. The molecule has 0 aromatic rings. The Hall–Kier alpha value is -1.96. The molecule has 2 N–H and O–H groups in total. The van der Waals surface area contributed by atoms with Crippen LogP contribution in [0, 0.1) is 5.92 Å². The number of carbonyl (C=O) groups excluding carboxylic acids is 2. The highest BCUT2D eigenvalue weighted by molar-refractivity contribution is 5.91. The van der Waals surface area contributed by atoms with Gasteiger partial charge in [0.1, 0.15) is 24.4 Å². The maximum absolute atomic E-state index is 12.3. The Morgan fingerprint density at radius 3 is 2.89 bits per heavy atom. The van der Waals surface area contributed by atoms with Crippen LogP contribution in [-0.4, -0.2) is 58.8 Å². The minimum absolute atomic E-state index is 0.158. The molecule has 7 nitrogen and oxygen atoms in total. The minimum atomic E-state index is -1.11. The van der Waals surface area contributed by atoms with E-state index in [1.54, 1.807) is 13.8 Å². The van der Waals surface area contributed by atoms with Crippen molar-refractivity contribution in [2.24, 2.45) is 5.92 Å². The molecule has 0 aromatic carbocycles. The first-order chi connectivity index (χ1) is 12.7. The van der Waals surface area contributed by atoms with Crippen LogP contribution in [0.2, 0.25) is 0 Å². The predicted molar refractivity (Wildman–Crippen MR) is 95.5 cm³/mol. The summed E-state index contributed by atoms with van der Waals surface area (Å²) in [4.78, 5) is 24.5. The molecule has 0 saturated carbocycles. The number of fused-ring (bicyclic) bond motifs is 3. The van der Waals surface area contributed by atoms with E-state index in [2.05, 4.69) is 6.58 Å². The van der Waals surface area contributed by atoms with Crippen molar-refractivity contribution >= 4 is 11.9 Å². The van der Waals surface area contributed by atoms with Crippen LogP contribution < -0.4 is 0 Å². The number of rotatable bonds is 3. The van der Waals surface area contributed by atoms with Gasteiger partial charge in [-0.3, -0.25) is 0 Å². The van der Waals surface area contributed by atoms with E-state index in [0.717, 1.165) is 12.5 Å². The zero-order valence-corrected chi connectivity index (χ0v) is 15.8. The molecule has 0 amide bonds. The van der Waals surface area contributed by atoms with Crippen molar-refractivity contribution in [3.05, 3.63) is 35.5 Å². The fourth-order valence-electron chi connectivity index (χ4n) is 3.83. The summed E-state index contributed by atoms with van der Waals surface area (Å²) in [7, 11) is 0. The number of aliphatic hydroxyl groups is 2. The maximum atomic E-state index is 12.3. The van der Waals surface area contributed by atoms with Crippen LogP contribution in [0.5, 0.6) is 0 Å². The monoisotopic (exact) mass is 378 g/mol. The van der Waals surface area contributed by atoms with Crippen LogP contribution in [-0.2, 0) is 23.8 Å². The SMILES string of the molecule is C=C1C(=O)OC2C1C(OC(=O)C=C(C)CO)C(O)C(C)=CCCC1(C)OC21. The molecule has 0 aromatic heterocycles. The summed E-state index contributed by atoms with van der Waals surface area (Å²) in [6.07, 6.45) is 1.31. The Bertz CT molecular complexity index is 722. The second-order valence-corrected chi connectivity index (χ2v) is 7.75. The van der Waals surface area contributed by atoms with Crippen LogP contribution in [0.15, 0.2) is 35.5 Å². The van der Waals surface area contributed by atoms with E-state index >= 15 is 0 Å². The number of carbonyl (C=O) groups is 2. The zero-order chi connectivity index (χ0) is 19.9. The molecule has 148 valence electrons. The van der Waals surface area contributed by atoms with E-state index in [-0.39, 0.29) is 18.3 Å². The molecule has 7 heteroatoms. The molecule has 0 radical (unpaired) electrons. The van der Waals surface area contributed by atoms with Crippen molar-refractivity contribution in [2.75, 3.05) is 6.61 Å². The molecule has 0 bridgehead atoms. The van der Waals surface area contributed by atoms with Gasteiger partial charge in [-0.15, -0.1) is 0 Å². The van der Waals surface area contributed by atoms with Gasteiger partial charge in [0.2, 0.25) is 0 Å². The van der Waals surface area contributed by atoms with Crippen LogP contribution in [0.4, 0.5) is 0 Å². The lowest BCUT2D eigenvalue weighted by molar-refractivity contribution is -0.153. The summed E-state index contributed by atoms with van der Waals surface area (Å²) in [6.45, 7) is 8.83. The normalized spacial score (nSPS) is 39.1. The maximum Gasteiger partial charge on any atom is 0.334 e. The van der Waals surface area contributed by atoms with Gasteiger partial charge in [-0.25, -0.2) is 9.59 Å². The first kappa shape index (κ1) is 19.8. The van der Waals surface area contributed by atoms with Crippen molar-refractivity contribution in [2.45, 2.75) is 63.6 Å². The van der Waals surface area contributed by atoms with Gasteiger partial charge >= 0.3 is 11.9 Å². The van der Waals surface area contributed by atoms with E-state index in [9.17, 15) is 14.7 Å². The van der Waals surface area contributed by atoms with Gasteiger partial charge in [0.05, 0.1) is 18.1 Å². The average molecular weight is 378 g/mol. The lowest BCUT2D eigenvalue weighted by Gasteiger charge is -2.31. The van der Waals surface area contributed by atoms with Gasteiger partial charge < -0.3 is 24.4 Å². The Morgan fingerprint density at radius 1 is 1.52 bits per heavy atom. The van der Waals surface area contributed by atoms with Gasteiger partial charge in [-0.2, -0.15) is 0 Å². The van der Waals surface area contributed by atoms with Gasteiger partial charge in [0.25, 0.3) is 0 Å². The quantitative estimate of drug-likeness (QED) is 0.329. The fourth-order valence-corrected chi connectivity index (χ4v) is 3.83. The summed E-state index contributed by atoms with van der Waals surface area (Å²) in [6, 6.07) is 0. The number of hydrogen-bond donors (Lipinski definition) is 2. The summed E-state index contributed by atoms with van der Waals surface area (Å²) < 4.78 is 16.9. The van der Waals surface area contributed by atoms with Crippen molar-refractivity contribution in [3.8, 4) is 0 Å². The van der Waals surface area contributed by atoms with E-state index in [4.69, 9.17) is 19.3 Å². The minimum Gasteiger partial charge on any atom is -0.455 e. The first-order valence-corrected chi connectivity index (χ1v) is 9.09. The fraction of sp³-hybridized carbons (Fsp3) is 0.600. The van der Waals surface area contributed by atoms with E-state index < -0.39 is 41.8 Å². The number of ether oxygens (including phenoxy) is 3. The van der Waals surface area contributed by atoms with Crippen molar-refractivity contribution in [3.63, 3.8) is 0 Å². The third-order valence-corrected chi connectivity index (χ3v) is 5.61. The molecular weight excluding hydrogens is 352 g/mol. The van der Waals surface area contributed by atoms with E-state index in [0.29, 0.717) is 17.6 Å². The smallest absolute Gasteiger partial charge is 0.334 e. The van der Waals surface area contributed by atoms with Crippen molar-refractivity contribution < 1.29 is 34.0 Å². The van der Waals surface area contributed by atoms with Crippen LogP contribution >= 0.6 is 0 Å².